The minimum Gasteiger partial charge on any atom is -0.344 e. The largest absolute Gasteiger partial charge is 0.344 e. The number of sulfonamides is 1. The highest BCUT2D eigenvalue weighted by Gasteiger charge is 2.18. The molecule has 1 heterocycles. The van der Waals surface area contributed by atoms with Gasteiger partial charge in [-0.2, -0.15) is 4.72 Å². The molecule has 0 aliphatic heterocycles. The monoisotopic (exact) mass is 362 g/mol. The molecule has 1 aromatic carbocycles. The zero-order chi connectivity index (χ0) is 17.6. The van der Waals surface area contributed by atoms with Gasteiger partial charge in [-0.1, -0.05) is 25.0 Å². The molecule has 0 bridgehead atoms. The summed E-state index contributed by atoms with van der Waals surface area (Å²) in [5.41, 5.74) is 0.286. The van der Waals surface area contributed by atoms with Crippen LogP contribution in [0.4, 0.5) is 0 Å². The number of thiophene rings is 1. The lowest BCUT2D eigenvalue weighted by atomic mass is 10.1. The number of rotatable bonds is 7. The average Bonchev–Trinajstić information content (AvgIpc) is 3.12. The molecule has 126 valence electrons. The minimum absolute atomic E-state index is 0.00886. The van der Waals surface area contributed by atoms with E-state index in [1.54, 1.807) is 17.4 Å². The summed E-state index contributed by atoms with van der Waals surface area (Å²) in [6.07, 6.45) is 5.81. The van der Waals surface area contributed by atoms with Crippen molar-refractivity contribution in [1.82, 2.24) is 10.0 Å². The van der Waals surface area contributed by atoms with E-state index < -0.39 is 10.0 Å². The second-order valence-corrected chi connectivity index (χ2v) is 7.75. The van der Waals surface area contributed by atoms with Gasteiger partial charge in [-0.3, -0.25) is 4.79 Å². The lowest BCUT2D eigenvalue weighted by molar-refractivity contribution is 0.0936. The maximum absolute atomic E-state index is 12.4. The van der Waals surface area contributed by atoms with Gasteiger partial charge in [-0.25, -0.2) is 8.42 Å². The second-order valence-electron chi connectivity index (χ2n) is 5.01. The molecule has 0 radical (unpaired) electrons. The Balaban J connectivity index is 2.19. The summed E-state index contributed by atoms with van der Waals surface area (Å²) in [6.45, 7) is 1.88. The van der Waals surface area contributed by atoms with Crippen LogP contribution in [-0.2, 0) is 10.0 Å². The number of benzene rings is 1. The maximum Gasteiger partial charge on any atom is 0.251 e. The van der Waals surface area contributed by atoms with Gasteiger partial charge in [0.2, 0.25) is 10.0 Å². The van der Waals surface area contributed by atoms with E-state index in [9.17, 15) is 13.2 Å². The highest BCUT2D eigenvalue weighted by atomic mass is 32.2. The number of hydrogen-bond donors (Lipinski definition) is 2. The fourth-order valence-corrected chi connectivity index (χ4v) is 3.97. The predicted molar refractivity (Wildman–Crippen MR) is 95.3 cm³/mol. The van der Waals surface area contributed by atoms with Crippen molar-refractivity contribution >= 4 is 27.3 Å². The number of carbonyl (C=O) groups is 1. The molecule has 0 spiro atoms. The molecule has 1 atom stereocenters. The van der Waals surface area contributed by atoms with Gasteiger partial charge in [0.25, 0.3) is 5.91 Å². The van der Waals surface area contributed by atoms with Gasteiger partial charge in [0, 0.05) is 10.4 Å². The van der Waals surface area contributed by atoms with Gasteiger partial charge in [-0.05, 0) is 36.1 Å². The van der Waals surface area contributed by atoms with Crippen LogP contribution in [0.25, 0.3) is 0 Å². The van der Waals surface area contributed by atoms with Crippen molar-refractivity contribution in [3.63, 3.8) is 0 Å². The normalized spacial score (nSPS) is 12.3. The van der Waals surface area contributed by atoms with Gasteiger partial charge in [0.05, 0.1) is 17.5 Å². The van der Waals surface area contributed by atoms with Crippen molar-refractivity contribution in [3.8, 4) is 12.3 Å². The molecule has 0 saturated heterocycles. The average molecular weight is 362 g/mol. The number of carbonyl (C=O) groups excluding carboxylic acids is 1. The highest BCUT2D eigenvalue weighted by Crippen LogP contribution is 2.22. The molecule has 0 saturated carbocycles. The minimum atomic E-state index is -3.73. The van der Waals surface area contributed by atoms with E-state index in [-0.39, 0.29) is 29.0 Å². The zero-order valence-electron chi connectivity index (χ0n) is 13.2. The van der Waals surface area contributed by atoms with Gasteiger partial charge in [0.15, 0.2) is 0 Å². The van der Waals surface area contributed by atoms with Crippen LogP contribution in [0.2, 0.25) is 0 Å². The van der Waals surface area contributed by atoms with Crippen LogP contribution in [0.1, 0.15) is 34.6 Å². The van der Waals surface area contributed by atoms with Crippen LogP contribution < -0.4 is 10.0 Å². The highest BCUT2D eigenvalue weighted by molar-refractivity contribution is 7.89. The first-order valence-corrected chi connectivity index (χ1v) is 9.71. The quantitative estimate of drug-likeness (QED) is 0.743. The number of amides is 1. The van der Waals surface area contributed by atoms with Crippen molar-refractivity contribution in [1.29, 1.82) is 0 Å². The Bertz CT molecular complexity index is 837. The van der Waals surface area contributed by atoms with Crippen molar-refractivity contribution in [3.05, 3.63) is 52.2 Å². The van der Waals surface area contributed by atoms with Crippen LogP contribution in [0, 0.1) is 12.3 Å². The summed E-state index contributed by atoms with van der Waals surface area (Å²) < 4.78 is 26.5. The third-order valence-corrected chi connectivity index (χ3v) is 5.76. The topological polar surface area (TPSA) is 75.3 Å². The molecule has 1 aromatic heterocycles. The first-order chi connectivity index (χ1) is 11.5. The SMILES string of the molecule is C#CCNS(=O)(=O)c1cccc(C(=O)NC(CC)c2cccs2)c1. The van der Waals surface area contributed by atoms with E-state index in [2.05, 4.69) is 16.0 Å². The first-order valence-electron chi connectivity index (χ1n) is 7.35. The Kier molecular flexibility index (Phi) is 6.15. The van der Waals surface area contributed by atoms with Crippen LogP contribution in [0.5, 0.6) is 0 Å². The lowest BCUT2D eigenvalue weighted by Crippen LogP contribution is -2.28. The molecular formula is C17H18N2O3S2. The molecule has 7 heteroatoms. The molecule has 2 rings (SSSR count). The molecule has 0 fully saturated rings. The molecule has 24 heavy (non-hydrogen) atoms. The Labute approximate surface area is 146 Å². The zero-order valence-corrected chi connectivity index (χ0v) is 14.8. The third kappa shape index (κ3) is 4.45. The van der Waals surface area contributed by atoms with E-state index in [0.29, 0.717) is 0 Å². The molecule has 1 amide bonds. The Morgan fingerprint density at radius 1 is 1.33 bits per heavy atom. The summed E-state index contributed by atoms with van der Waals surface area (Å²) in [7, 11) is -3.73. The fourth-order valence-electron chi connectivity index (χ4n) is 2.13. The molecule has 5 nitrogen and oxygen atoms in total. The van der Waals surface area contributed by atoms with Gasteiger partial charge >= 0.3 is 0 Å². The summed E-state index contributed by atoms with van der Waals surface area (Å²) in [5.74, 6) is 1.90. The number of hydrogen-bond acceptors (Lipinski definition) is 4. The van der Waals surface area contributed by atoms with Crippen LogP contribution in [-0.4, -0.2) is 20.9 Å². The second kappa shape index (κ2) is 8.11. The Morgan fingerprint density at radius 3 is 2.75 bits per heavy atom. The van der Waals surface area contributed by atoms with Crippen LogP contribution in [0.3, 0.4) is 0 Å². The van der Waals surface area contributed by atoms with E-state index in [0.717, 1.165) is 11.3 Å². The third-order valence-electron chi connectivity index (χ3n) is 3.37. The van der Waals surface area contributed by atoms with Gasteiger partial charge in [-0.15, -0.1) is 17.8 Å². The maximum atomic E-state index is 12.4. The van der Waals surface area contributed by atoms with E-state index >= 15 is 0 Å². The molecule has 2 aromatic rings. The van der Waals surface area contributed by atoms with Crippen LogP contribution >= 0.6 is 11.3 Å². The molecule has 0 aliphatic rings. The van der Waals surface area contributed by atoms with Gasteiger partial charge in [0.1, 0.15) is 0 Å². The number of terminal acetylenes is 1. The van der Waals surface area contributed by atoms with Gasteiger partial charge < -0.3 is 5.32 Å². The standard InChI is InChI=1S/C17H18N2O3S2/c1-3-10-18-24(21,22)14-8-5-7-13(12-14)17(20)19-15(4-2)16-9-6-11-23-16/h1,5-9,11-12,15,18H,4,10H2,2H3,(H,19,20). The summed E-state index contributed by atoms with van der Waals surface area (Å²) in [5, 5.41) is 4.88. The predicted octanol–water partition coefficient (Wildman–Crippen LogP) is 2.54. The van der Waals surface area contributed by atoms with Crippen molar-refractivity contribution in [2.75, 3.05) is 6.54 Å². The number of nitrogens with one attached hydrogen (secondary N) is 2. The molecule has 1 unspecified atom stereocenters. The molecular weight excluding hydrogens is 344 g/mol. The summed E-state index contributed by atoms with van der Waals surface area (Å²) in [6, 6.07) is 9.67. The smallest absolute Gasteiger partial charge is 0.251 e. The van der Waals surface area contributed by atoms with Crippen molar-refractivity contribution in [2.45, 2.75) is 24.3 Å². The van der Waals surface area contributed by atoms with Crippen molar-refractivity contribution < 1.29 is 13.2 Å². The van der Waals surface area contributed by atoms with E-state index in [4.69, 9.17) is 6.42 Å². The lowest BCUT2D eigenvalue weighted by Gasteiger charge is -2.16. The Morgan fingerprint density at radius 2 is 2.12 bits per heavy atom. The molecule has 2 N–H and O–H groups in total. The molecule has 0 aliphatic carbocycles. The van der Waals surface area contributed by atoms with Crippen molar-refractivity contribution in [2.24, 2.45) is 0 Å². The van der Waals surface area contributed by atoms with E-state index in [1.165, 1.54) is 18.2 Å². The Hall–Kier alpha value is -2.14. The van der Waals surface area contributed by atoms with Crippen LogP contribution in [0.15, 0.2) is 46.7 Å². The summed E-state index contributed by atoms with van der Waals surface area (Å²) in [4.78, 5) is 13.5. The summed E-state index contributed by atoms with van der Waals surface area (Å²) >= 11 is 1.57. The van der Waals surface area contributed by atoms with E-state index in [1.807, 2.05) is 24.4 Å². The first kappa shape index (κ1) is 18.2. The fraction of sp³-hybridized carbons (Fsp3) is 0.235.